The molecule has 0 saturated heterocycles. The fourth-order valence-corrected chi connectivity index (χ4v) is 1.05. The van der Waals surface area contributed by atoms with Crippen molar-refractivity contribution in [2.45, 2.75) is 6.61 Å². The molecule has 8 heteroatoms. The molecule has 4 nitrogen and oxygen atoms in total. The molecule has 0 unspecified atom stereocenters. The lowest BCUT2D eigenvalue weighted by molar-refractivity contribution is -0.387. The maximum atomic E-state index is 12.9. The van der Waals surface area contributed by atoms with Crippen LogP contribution in [0, 0.1) is 15.9 Å². The predicted molar refractivity (Wildman–Crippen MR) is 44.7 cm³/mol. The van der Waals surface area contributed by atoms with E-state index in [-0.39, 0.29) is 0 Å². The molecule has 0 heterocycles. The third-order valence-electron chi connectivity index (χ3n) is 1.41. The Balaban J connectivity index is 3.13. The molecule has 0 saturated carbocycles. The Morgan fingerprint density at radius 2 is 2.07 bits per heavy atom. The third-order valence-corrected chi connectivity index (χ3v) is 1.71. The van der Waals surface area contributed by atoms with Crippen molar-refractivity contribution in [3.63, 3.8) is 0 Å². The number of halogens is 4. The zero-order chi connectivity index (χ0) is 11.6. The van der Waals surface area contributed by atoms with E-state index in [4.69, 9.17) is 11.6 Å². The summed E-state index contributed by atoms with van der Waals surface area (Å²) in [4.78, 5) is 9.20. The van der Waals surface area contributed by atoms with Gasteiger partial charge >= 0.3 is 12.3 Å². The van der Waals surface area contributed by atoms with Gasteiger partial charge in [0.25, 0.3) is 0 Å². The van der Waals surface area contributed by atoms with Gasteiger partial charge in [-0.2, -0.15) is 13.2 Å². The standard InChI is InChI=1S/C7H3ClF3NO3/c8-3-1-5(12(13)14)4(9)2-6(3)15-7(10)11/h1-2,7H. The van der Waals surface area contributed by atoms with Gasteiger partial charge in [-0.05, 0) is 0 Å². The number of nitro groups is 1. The van der Waals surface area contributed by atoms with Gasteiger partial charge in [-0.15, -0.1) is 0 Å². The van der Waals surface area contributed by atoms with Gasteiger partial charge in [0, 0.05) is 12.1 Å². The zero-order valence-corrected chi connectivity index (χ0v) is 7.67. The van der Waals surface area contributed by atoms with Crippen LogP contribution in [0.15, 0.2) is 12.1 Å². The van der Waals surface area contributed by atoms with Gasteiger partial charge in [0.1, 0.15) is 5.75 Å². The van der Waals surface area contributed by atoms with Gasteiger partial charge in [0.05, 0.1) is 9.95 Å². The smallest absolute Gasteiger partial charge is 0.387 e. The molecule has 1 aromatic rings. The Hall–Kier alpha value is -1.50. The maximum absolute atomic E-state index is 12.9. The van der Waals surface area contributed by atoms with E-state index in [0.29, 0.717) is 12.1 Å². The highest BCUT2D eigenvalue weighted by Crippen LogP contribution is 2.32. The molecular formula is C7H3ClF3NO3. The molecule has 1 aromatic carbocycles. The fourth-order valence-electron chi connectivity index (χ4n) is 0.844. The van der Waals surface area contributed by atoms with Crippen LogP contribution in [0.2, 0.25) is 5.02 Å². The van der Waals surface area contributed by atoms with Crippen LogP contribution in [0.25, 0.3) is 0 Å². The lowest BCUT2D eigenvalue weighted by Gasteiger charge is -2.06. The molecule has 82 valence electrons. The van der Waals surface area contributed by atoms with Crippen molar-refractivity contribution in [2.24, 2.45) is 0 Å². The third kappa shape index (κ3) is 2.72. The van der Waals surface area contributed by atoms with Crippen LogP contribution in [0.1, 0.15) is 0 Å². The van der Waals surface area contributed by atoms with Gasteiger partial charge in [-0.3, -0.25) is 10.1 Å². The Kier molecular flexibility index (Phi) is 3.35. The first-order valence-electron chi connectivity index (χ1n) is 3.50. The summed E-state index contributed by atoms with van der Waals surface area (Å²) in [6, 6.07) is 1.04. The van der Waals surface area contributed by atoms with E-state index in [9.17, 15) is 23.3 Å². The predicted octanol–water partition coefficient (Wildman–Crippen LogP) is 2.99. The molecule has 0 fully saturated rings. The van der Waals surface area contributed by atoms with Crippen molar-refractivity contribution in [2.75, 3.05) is 0 Å². The highest BCUT2D eigenvalue weighted by Gasteiger charge is 2.19. The summed E-state index contributed by atoms with van der Waals surface area (Å²) in [6.45, 7) is -3.18. The maximum Gasteiger partial charge on any atom is 0.387 e. The summed E-state index contributed by atoms with van der Waals surface area (Å²) >= 11 is 5.36. The van der Waals surface area contributed by atoms with Gasteiger partial charge < -0.3 is 4.74 Å². The normalized spacial score (nSPS) is 10.5. The van der Waals surface area contributed by atoms with E-state index < -0.39 is 33.8 Å². The molecule has 0 spiro atoms. The summed E-state index contributed by atoms with van der Waals surface area (Å²) < 4.78 is 40.2. The number of benzene rings is 1. The average molecular weight is 242 g/mol. The topological polar surface area (TPSA) is 52.4 Å². The second kappa shape index (κ2) is 4.35. The van der Waals surface area contributed by atoms with E-state index in [1.807, 2.05) is 0 Å². The number of alkyl halides is 2. The molecule has 0 atom stereocenters. The van der Waals surface area contributed by atoms with Crippen LogP contribution in [-0.2, 0) is 0 Å². The first kappa shape index (κ1) is 11.6. The molecule has 0 aromatic heterocycles. The summed E-state index contributed by atoms with van der Waals surface area (Å²) in [6.07, 6.45) is 0. The quantitative estimate of drug-likeness (QED) is 0.604. The van der Waals surface area contributed by atoms with Crippen molar-refractivity contribution in [3.05, 3.63) is 33.1 Å². The molecule has 1 rings (SSSR count). The zero-order valence-electron chi connectivity index (χ0n) is 6.92. The summed E-state index contributed by atoms with van der Waals surface area (Å²) in [7, 11) is 0. The minimum atomic E-state index is -3.18. The number of hydrogen-bond acceptors (Lipinski definition) is 3. The van der Waals surface area contributed by atoms with Crippen LogP contribution < -0.4 is 4.74 Å². The minimum absolute atomic E-state index is 0.437. The van der Waals surface area contributed by atoms with Crippen molar-refractivity contribution in [3.8, 4) is 5.75 Å². The van der Waals surface area contributed by atoms with Crippen LogP contribution in [0.5, 0.6) is 5.75 Å². The van der Waals surface area contributed by atoms with E-state index in [1.165, 1.54) is 0 Å². The first-order valence-corrected chi connectivity index (χ1v) is 3.88. The molecule has 0 radical (unpaired) electrons. The van der Waals surface area contributed by atoms with Crippen LogP contribution in [0.4, 0.5) is 18.9 Å². The largest absolute Gasteiger partial charge is 0.433 e. The number of ether oxygens (including phenoxy) is 1. The molecule has 0 aliphatic carbocycles. The lowest BCUT2D eigenvalue weighted by atomic mass is 10.3. The molecular weight excluding hydrogens is 239 g/mol. The second-order valence-corrected chi connectivity index (χ2v) is 2.78. The van der Waals surface area contributed by atoms with E-state index in [0.717, 1.165) is 0 Å². The number of nitrogens with zero attached hydrogens (tertiary/aromatic N) is 1. The van der Waals surface area contributed by atoms with Gasteiger partial charge in [0.2, 0.25) is 5.82 Å². The molecule has 0 amide bonds. The number of hydrogen-bond donors (Lipinski definition) is 0. The van der Waals surface area contributed by atoms with Crippen LogP contribution in [0.3, 0.4) is 0 Å². The van der Waals surface area contributed by atoms with Crippen molar-refractivity contribution >= 4 is 17.3 Å². The Bertz CT molecular complexity index is 399. The van der Waals surface area contributed by atoms with Crippen LogP contribution >= 0.6 is 11.6 Å². The van der Waals surface area contributed by atoms with Crippen molar-refractivity contribution in [1.82, 2.24) is 0 Å². The molecule has 0 aliphatic rings. The molecule has 0 bridgehead atoms. The van der Waals surface area contributed by atoms with Crippen molar-refractivity contribution in [1.29, 1.82) is 0 Å². The van der Waals surface area contributed by atoms with Gasteiger partial charge in [-0.25, -0.2) is 0 Å². The SMILES string of the molecule is O=[N+]([O-])c1cc(Cl)c(OC(F)F)cc1F. The van der Waals surface area contributed by atoms with Crippen molar-refractivity contribution < 1.29 is 22.8 Å². The summed E-state index contributed by atoms with van der Waals surface area (Å²) in [5, 5.41) is 9.77. The van der Waals surface area contributed by atoms with E-state index in [2.05, 4.69) is 4.74 Å². The van der Waals surface area contributed by atoms with Crippen LogP contribution in [-0.4, -0.2) is 11.5 Å². The highest BCUT2D eigenvalue weighted by atomic mass is 35.5. The molecule has 0 aliphatic heterocycles. The first-order chi connectivity index (χ1) is 6.91. The second-order valence-electron chi connectivity index (χ2n) is 2.37. The summed E-state index contributed by atoms with van der Waals surface area (Å²) in [5.74, 6) is -1.94. The van der Waals surface area contributed by atoms with Gasteiger partial charge in [0.15, 0.2) is 0 Å². The lowest BCUT2D eigenvalue weighted by Crippen LogP contribution is -2.03. The Morgan fingerprint density at radius 3 is 2.53 bits per heavy atom. The minimum Gasteiger partial charge on any atom is -0.433 e. The fraction of sp³-hybridized carbons (Fsp3) is 0.143. The van der Waals surface area contributed by atoms with E-state index in [1.54, 1.807) is 0 Å². The van der Waals surface area contributed by atoms with Gasteiger partial charge in [-0.1, -0.05) is 11.6 Å². The highest BCUT2D eigenvalue weighted by molar-refractivity contribution is 6.32. The monoisotopic (exact) mass is 241 g/mol. The Labute approximate surface area is 86.4 Å². The molecule has 15 heavy (non-hydrogen) atoms. The van der Waals surface area contributed by atoms with E-state index >= 15 is 0 Å². The summed E-state index contributed by atoms with van der Waals surface area (Å²) in [5.41, 5.74) is -0.901. The number of nitro benzene ring substituents is 1. The average Bonchev–Trinajstić information content (AvgIpc) is 2.09. The number of rotatable bonds is 3. The molecule has 0 N–H and O–H groups in total. The Morgan fingerprint density at radius 1 is 1.47 bits per heavy atom.